The van der Waals surface area contributed by atoms with Crippen LogP contribution in [-0.4, -0.2) is 30.9 Å². The topological polar surface area (TPSA) is 85.6 Å². The first-order valence-electron chi connectivity index (χ1n) is 9.64. The van der Waals surface area contributed by atoms with E-state index in [0.29, 0.717) is 11.0 Å². The number of anilines is 1. The summed E-state index contributed by atoms with van der Waals surface area (Å²) < 4.78 is 1.80. The van der Waals surface area contributed by atoms with Crippen LogP contribution in [0.3, 0.4) is 0 Å². The zero-order valence-corrected chi connectivity index (χ0v) is 16.8. The smallest absolute Gasteiger partial charge is 0.250 e. The van der Waals surface area contributed by atoms with Gasteiger partial charge in [0.2, 0.25) is 11.0 Å². The number of pyridine rings is 1. The molecule has 5 rings (SSSR count). The molecule has 1 amide bonds. The standard InChI is InChI=1S/C22H18N6OS/c29-19(24-22-26-25-21(30-22)15-8-9-15)11-10-17-14-28(18-6-2-1-3-7-18)27-20(17)16-5-4-12-23-13-16/h1-7,10-15H,8-9H2,(H,24,26,29)/b11-10+. The van der Waals surface area contributed by atoms with Crippen LogP contribution in [0.25, 0.3) is 23.0 Å². The molecule has 30 heavy (non-hydrogen) atoms. The molecule has 0 atom stereocenters. The summed E-state index contributed by atoms with van der Waals surface area (Å²) in [5.74, 6) is 0.271. The fourth-order valence-corrected chi connectivity index (χ4v) is 3.96. The number of benzene rings is 1. The minimum atomic E-state index is -0.252. The van der Waals surface area contributed by atoms with E-state index in [-0.39, 0.29) is 5.91 Å². The van der Waals surface area contributed by atoms with Gasteiger partial charge in [-0.25, -0.2) is 4.68 Å². The number of para-hydroxylation sites is 1. The molecule has 3 aromatic heterocycles. The van der Waals surface area contributed by atoms with Crippen molar-refractivity contribution in [1.29, 1.82) is 0 Å². The van der Waals surface area contributed by atoms with Gasteiger partial charge in [0.05, 0.1) is 5.69 Å². The van der Waals surface area contributed by atoms with Crippen LogP contribution < -0.4 is 5.32 Å². The number of hydrogen-bond donors (Lipinski definition) is 1. The Bertz CT molecular complexity index is 1190. The highest BCUT2D eigenvalue weighted by Gasteiger charge is 2.27. The summed E-state index contributed by atoms with van der Waals surface area (Å²) in [5, 5.41) is 17.2. The van der Waals surface area contributed by atoms with Crippen molar-refractivity contribution in [2.24, 2.45) is 0 Å². The Morgan fingerprint density at radius 1 is 1.13 bits per heavy atom. The van der Waals surface area contributed by atoms with E-state index in [1.54, 1.807) is 23.2 Å². The van der Waals surface area contributed by atoms with E-state index in [1.807, 2.05) is 48.7 Å². The average Bonchev–Trinajstić information content (AvgIpc) is 3.38. The number of carbonyl (C=O) groups is 1. The van der Waals surface area contributed by atoms with Crippen LogP contribution in [0.5, 0.6) is 0 Å². The van der Waals surface area contributed by atoms with Crippen molar-refractivity contribution >= 4 is 28.5 Å². The van der Waals surface area contributed by atoms with Gasteiger partial charge in [-0.05, 0) is 43.2 Å². The normalized spacial score (nSPS) is 13.6. The van der Waals surface area contributed by atoms with Gasteiger partial charge in [0.25, 0.3) is 0 Å². The number of nitrogens with one attached hydrogen (secondary N) is 1. The predicted octanol–water partition coefficient (Wildman–Crippen LogP) is 4.32. The summed E-state index contributed by atoms with van der Waals surface area (Å²) in [6.07, 6.45) is 10.9. The zero-order valence-electron chi connectivity index (χ0n) is 16.0. The van der Waals surface area contributed by atoms with Crippen molar-refractivity contribution in [1.82, 2.24) is 25.0 Å². The summed E-state index contributed by atoms with van der Waals surface area (Å²) in [6.45, 7) is 0. The lowest BCUT2D eigenvalue weighted by molar-refractivity contribution is -0.111. The second-order valence-electron chi connectivity index (χ2n) is 7.00. The highest BCUT2D eigenvalue weighted by molar-refractivity contribution is 7.15. The highest BCUT2D eigenvalue weighted by atomic mass is 32.1. The molecule has 148 valence electrons. The SMILES string of the molecule is O=C(/C=C/c1cn(-c2ccccc2)nc1-c1cccnc1)Nc1nnc(C2CC2)s1. The van der Waals surface area contributed by atoms with E-state index in [1.165, 1.54) is 17.4 Å². The minimum Gasteiger partial charge on any atom is -0.297 e. The van der Waals surface area contributed by atoms with Crippen molar-refractivity contribution in [3.05, 3.63) is 77.7 Å². The molecule has 1 N–H and O–H groups in total. The van der Waals surface area contributed by atoms with E-state index < -0.39 is 0 Å². The summed E-state index contributed by atoms with van der Waals surface area (Å²) in [6, 6.07) is 13.7. The van der Waals surface area contributed by atoms with Gasteiger partial charge in [0, 0.05) is 41.7 Å². The van der Waals surface area contributed by atoms with E-state index in [2.05, 4.69) is 20.5 Å². The number of nitrogens with zero attached hydrogens (tertiary/aromatic N) is 5. The monoisotopic (exact) mass is 414 g/mol. The Morgan fingerprint density at radius 3 is 2.77 bits per heavy atom. The summed E-state index contributed by atoms with van der Waals surface area (Å²) in [7, 11) is 0. The fourth-order valence-electron chi connectivity index (χ4n) is 3.04. The molecule has 1 aliphatic rings. The molecule has 7 nitrogen and oxygen atoms in total. The molecule has 0 spiro atoms. The lowest BCUT2D eigenvalue weighted by atomic mass is 10.1. The van der Waals surface area contributed by atoms with Crippen molar-refractivity contribution in [3.8, 4) is 16.9 Å². The second-order valence-corrected chi connectivity index (χ2v) is 8.01. The molecule has 4 aromatic rings. The van der Waals surface area contributed by atoms with Crippen LogP contribution in [0.15, 0.2) is 67.1 Å². The van der Waals surface area contributed by atoms with Gasteiger partial charge in [-0.3, -0.25) is 15.1 Å². The van der Waals surface area contributed by atoms with Gasteiger partial charge in [0.15, 0.2) is 0 Å². The highest BCUT2D eigenvalue weighted by Crippen LogP contribution is 2.42. The Morgan fingerprint density at radius 2 is 2.00 bits per heavy atom. The van der Waals surface area contributed by atoms with Crippen LogP contribution in [-0.2, 0) is 4.79 Å². The van der Waals surface area contributed by atoms with E-state index in [4.69, 9.17) is 5.10 Å². The second kappa shape index (κ2) is 8.00. The molecule has 0 unspecified atom stereocenters. The number of amides is 1. The largest absolute Gasteiger partial charge is 0.297 e. The molecule has 1 fully saturated rings. The average molecular weight is 414 g/mol. The van der Waals surface area contributed by atoms with Crippen LogP contribution in [0.2, 0.25) is 0 Å². The molecule has 1 aromatic carbocycles. The molecular formula is C22H18N6OS. The van der Waals surface area contributed by atoms with Crippen molar-refractivity contribution < 1.29 is 4.79 Å². The summed E-state index contributed by atoms with van der Waals surface area (Å²) in [4.78, 5) is 16.6. The number of rotatable bonds is 6. The maximum absolute atomic E-state index is 12.4. The molecule has 8 heteroatoms. The third-order valence-corrected chi connectivity index (χ3v) is 5.71. The van der Waals surface area contributed by atoms with Gasteiger partial charge in [-0.1, -0.05) is 29.5 Å². The van der Waals surface area contributed by atoms with Crippen LogP contribution in [0.1, 0.15) is 29.3 Å². The Balaban J connectivity index is 1.40. The lowest BCUT2D eigenvalue weighted by Gasteiger charge is -1.99. The van der Waals surface area contributed by atoms with Gasteiger partial charge >= 0.3 is 0 Å². The predicted molar refractivity (Wildman–Crippen MR) is 116 cm³/mol. The maximum atomic E-state index is 12.4. The lowest BCUT2D eigenvalue weighted by Crippen LogP contribution is -2.07. The third kappa shape index (κ3) is 4.04. The van der Waals surface area contributed by atoms with Crippen LogP contribution in [0.4, 0.5) is 5.13 Å². The van der Waals surface area contributed by atoms with E-state index >= 15 is 0 Å². The first-order chi connectivity index (χ1) is 14.8. The molecule has 0 saturated heterocycles. The van der Waals surface area contributed by atoms with Crippen molar-refractivity contribution in [2.75, 3.05) is 5.32 Å². The molecule has 0 bridgehead atoms. The quantitative estimate of drug-likeness (QED) is 0.475. The Labute approximate surface area is 177 Å². The van der Waals surface area contributed by atoms with Crippen LogP contribution in [0, 0.1) is 0 Å². The Kier molecular flexibility index (Phi) is 4.90. The fraction of sp³-hybridized carbons (Fsp3) is 0.136. The number of aromatic nitrogens is 5. The number of carbonyl (C=O) groups excluding carboxylic acids is 1. The molecule has 1 saturated carbocycles. The number of hydrogen-bond acceptors (Lipinski definition) is 6. The van der Waals surface area contributed by atoms with Gasteiger partial charge < -0.3 is 0 Å². The van der Waals surface area contributed by atoms with Crippen LogP contribution >= 0.6 is 11.3 Å². The summed E-state index contributed by atoms with van der Waals surface area (Å²) in [5.41, 5.74) is 3.39. The zero-order chi connectivity index (χ0) is 20.3. The van der Waals surface area contributed by atoms with Crippen molar-refractivity contribution in [2.45, 2.75) is 18.8 Å². The van der Waals surface area contributed by atoms with Gasteiger partial charge in [-0.2, -0.15) is 5.10 Å². The molecule has 3 heterocycles. The maximum Gasteiger partial charge on any atom is 0.250 e. The minimum absolute atomic E-state index is 0.252. The first-order valence-corrected chi connectivity index (χ1v) is 10.5. The summed E-state index contributed by atoms with van der Waals surface area (Å²) >= 11 is 1.44. The third-order valence-electron chi connectivity index (χ3n) is 4.71. The molecule has 1 aliphatic carbocycles. The van der Waals surface area contributed by atoms with E-state index in [9.17, 15) is 4.79 Å². The first kappa shape index (κ1) is 18.4. The Hall–Kier alpha value is -3.65. The molecule has 0 radical (unpaired) electrons. The van der Waals surface area contributed by atoms with Gasteiger partial charge in [0.1, 0.15) is 10.7 Å². The van der Waals surface area contributed by atoms with Crippen molar-refractivity contribution in [3.63, 3.8) is 0 Å². The molecule has 0 aliphatic heterocycles. The van der Waals surface area contributed by atoms with E-state index in [0.717, 1.165) is 40.4 Å². The molecular weight excluding hydrogens is 396 g/mol. The van der Waals surface area contributed by atoms with Gasteiger partial charge in [-0.15, -0.1) is 10.2 Å².